The summed E-state index contributed by atoms with van der Waals surface area (Å²) >= 11 is 0. The highest BCUT2D eigenvalue weighted by atomic mass is 32.2. The lowest BCUT2D eigenvalue weighted by Crippen LogP contribution is -3.29. The van der Waals surface area contributed by atoms with Gasteiger partial charge in [-0.05, 0) is 11.5 Å². The highest BCUT2D eigenvalue weighted by molar-refractivity contribution is 7.91. The monoisotopic (exact) mass is 354 g/mol. The van der Waals surface area contributed by atoms with Crippen LogP contribution < -0.4 is 9.80 Å². The zero-order valence-electron chi connectivity index (χ0n) is 14.7. The molecule has 0 bridgehead atoms. The summed E-state index contributed by atoms with van der Waals surface area (Å²) in [5.74, 6) is 0.655. The Morgan fingerprint density at radius 3 is 2.21 bits per heavy atom. The molecule has 0 aromatic heterocycles. The SMILES string of the molecule is CC(C)c1ccc(C[NH+]2CC[NH+]([C@H]3CS(=O)(=O)C[C@H]3O)CC2)cc1. The van der Waals surface area contributed by atoms with Crippen LogP contribution in [0.2, 0.25) is 0 Å². The van der Waals surface area contributed by atoms with Crippen LogP contribution >= 0.6 is 0 Å². The van der Waals surface area contributed by atoms with E-state index in [1.165, 1.54) is 16.0 Å². The first kappa shape index (κ1) is 17.9. The molecule has 0 saturated carbocycles. The molecule has 0 radical (unpaired) electrons. The molecule has 0 spiro atoms. The Morgan fingerprint density at radius 1 is 1.08 bits per heavy atom. The Kier molecular flexibility index (Phi) is 5.30. The second-order valence-electron chi connectivity index (χ2n) is 7.73. The normalized spacial score (nSPS) is 33.0. The predicted molar refractivity (Wildman–Crippen MR) is 94.1 cm³/mol. The van der Waals surface area contributed by atoms with Gasteiger partial charge in [0, 0.05) is 5.56 Å². The van der Waals surface area contributed by atoms with Gasteiger partial charge in [-0.25, -0.2) is 8.42 Å². The quantitative estimate of drug-likeness (QED) is 0.601. The van der Waals surface area contributed by atoms with Gasteiger partial charge < -0.3 is 14.9 Å². The first-order chi connectivity index (χ1) is 11.3. The summed E-state index contributed by atoms with van der Waals surface area (Å²) in [4.78, 5) is 2.81. The topological polar surface area (TPSA) is 63.2 Å². The number of aliphatic hydroxyl groups excluding tert-OH is 1. The molecule has 3 rings (SSSR count). The first-order valence-corrected chi connectivity index (χ1v) is 10.8. The van der Waals surface area contributed by atoms with Crippen LogP contribution in [0, 0.1) is 0 Å². The van der Waals surface area contributed by atoms with E-state index < -0.39 is 15.9 Å². The van der Waals surface area contributed by atoms with Crippen molar-refractivity contribution in [2.45, 2.75) is 38.5 Å². The van der Waals surface area contributed by atoms with E-state index in [2.05, 4.69) is 38.1 Å². The standard InChI is InChI=1S/C18H28N2O3S/c1-14(2)16-5-3-15(4-6-16)11-19-7-9-20(10-8-19)17-12-24(22,23)13-18(17)21/h3-6,14,17-18,21H,7-13H2,1-2H3/p+2/t17-,18+/m0/s1. The number of hydrogen-bond donors (Lipinski definition) is 3. The highest BCUT2D eigenvalue weighted by Crippen LogP contribution is 2.14. The summed E-state index contributed by atoms with van der Waals surface area (Å²) in [6.45, 7) is 9.39. The Hall–Kier alpha value is -0.950. The van der Waals surface area contributed by atoms with E-state index in [1.54, 1.807) is 4.90 Å². The summed E-state index contributed by atoms with van der Waals surface area (Å²) in [6.07, 6.45) is -0.685. The van der Waals surface area contributed by atoms with Gasteiger partial charge in [-0.1, -0.05) is 38.1 Å². The molecule has 2 fully saturated rings. The second kappa shape index (κ2) is 7.12. The number of sulfone groups is 1. The van der Waals surface area contributed by atoms with Crippen LogP contribution in [0.5, 0.6) is 0 Å². The molecule has 3 N–H and O–H groups in total. The van der Waals surface area contributed by atoms with Crippen molar-refractivity contribution < 1.29 is 23.3 Å². The molecule has 1 aromatic rings. The summed E-state index contributed by atoms with van der Waals surface area (Å²) in [6, 6.07) is 8.78. The smallest absolute Gasteiger partial charge is 0.159 e. The van der Waals surface area contributed by atoms with Crippen LogP contribution in [0.4, 0.5) is 0 Å². The molecule has 2 aliphatic heterocycles. The lowest BCUT2D eigenvalue weighted by atomic mass is 10.0. The van der Waals surface area contributed by atoms with Crippen molar-refractivity contribution in [3.63, 3.8) is 0 Å². The number of quaternary nitrogens is 2. The minimum atomic E-state index is -3.04. The van der Waals surface area contributed by atoms with E-state index in [0.29, 0.717) is 5.92 Å². The molecular formula is C18H30N2O3S+2. The molecule has 1 aromatic carbocycles. The minimum absolute atomic E-state index is 0.0556. The predicted octanol–water partition coefficient (Wildman–Crippen LogP) is -1.75. The minimum Gasteiger partial charge on any atom is -0.386 e. The van der Waals surface area contributed by atoms with E-state index in [9.17, 15) is 13.5 Å². The molecule has 0 aliphatic carbocycles. The van der Waals surface area contributed by atoms with Crippen LogP contribution in [-0.4, -0.2) is 63.4 Å². The van der Waals surface area contributed by atoms with E-state index in [-0.39, 0.29) is 17.5 Å². The lowest BCUT2D eigenvalue weighted by Gasteiger charge is -2.33. The van der Waals surface area contributed by atoms with E-state index >= 15 is 0 Å². The van der Waals surface area contributed by atoms with Gasteiger partial charge in [-0.2, -0.15) is 0 Å². The molecule has 2 aliphatic rings. The zero-order valence-corrected chi connectivity index (χ0v) is 15.5. The Morgan fingerprint density at radius 2 is 1.71 bits per heavy atom. The Balaban J connectivity index is 1.52. The maximum atomic E-state index is 11.7. The van der Waals surface area contributed by atoms with Crippen LogP contribution in [0.15, 0.2) is 24.3 Å². The van der Waals surface area contributed by atoms with E-state index in [1.807, 2.05) is 0 Å². The van der Waals surface area contributed by atoms with Gasteiger partial charge in [0.15, 0.2) is 9.84 Å². The maximum absolute atomic E-state index is 11.7. The third-order valence-corrected chi connectivity index (χ3v) is 7.26. The summed E-state index contributed by atoms with van der Waals surface area (Å²) in [5.41, 5.74) is 2.74. The Labute approximate surface area is 145 Å². The van der Waals surface area contributed by atoms with Crippen molar-refractivity contribution in [3.8, 4) is 0 Å². The molecule has 2 heterocycles. The molecule has 24 heavy (non-hydrogen) atoms. The fourth-order valence-corrected chi connectivity index (χ4v) is 5.89. The number of piperazine rings is 1. The van der Waals surface area contributed by atoms with Gasteiger partial charge in [0.2, 0.25) is 0 Å². The fraction of sp³-hybridized carbons (Fsp3) is 0.667. The lowest BCUT2D eigenvalue weighted by molar-refractivity contribution is -1.03. The van der Waals surface area contributed by atoms with Gasteiger partial charge in [0.25, 0.3) is 0 Å². The van der Waals surface area contributed by atoms with Crippen molar-refractivity contribution in [3.05, 3.63) is 35.4 Å². The third-order valence-electron chi connectivity index (χ3n) is 5.55. The first-order valence-electron chi connectivity index (χ1n) is 8.99. The Bertz CT molecular complexity index is 649. The largest absolute Gasteiger partial charge is 0.386 e. The second-order valence-corrected chi connectivity index (χ2v) is 9.89. The average Bonchev–Trinajstić information content (AvgIpc) is 2.81. The van der Waals surface area contributed by atoms with E-state index in [4.69, 9.17) is 0 Å². The summed E-state index contributed by atoms with van der Waals surface area (Å²) in [7, 11) is -3.04. The van der Waals surface area contributed by atoms with Crippen LogP contribution in [0.3, 0.4) is 0 Å². The molecular weight excluding hydrogens is 324 g/mol. The van der Waals surface area contributed by atoms with Crippen molar-refractivity contribution in [2.24, 2.45) is 0 Å². The molecule has 6 heteroatoms. The van der Waals surface area contributed by atoms with Gasteiger partial charge in [-0.15, -0.1) is 0 Å². The highest BCUT2D eigenvalue weighted by Gasteiger charge is 2.44. The third kappa shape index (κ3) is 4.17. The molecule has 0 unspecified atom stereocenters. The van der Waals surface area contributed by atoms with Crippen molar-refractivity contribution in [1.82, 2.24) is 0 Å². The molecule has 134 valence electrons. The van der Waals surface area contributed by atoms with Gasteiger partial charge in [0.05, 0.1) is 5.75 Å². The number of benzene rings is 1. The molecule has 2 atom stereocenters. The number of hydrogen-bond acceptors (Lipinski definition) is 3. The number of aliphatic hydroxyl groups is 1. The maximum Gasteiger partial charge on any atom is 0.159 e. The molecule has 0 amide bonds. The van der Waals surface area contributed by atoms with Crippen molar-refractivity contribution in [1.29, 1.82) is 0 Å². The van der Waals surface area contributed by atoms with Gasteiger partial charge in [0.1, 0.15) is 50.6 Å². The zero-order chi connectivity index (χ0) is 17.3. The molecule has 2 saturated heterocycles. The van der Waals surface area contributed by atoms with Gasteiger partial charge in [-0.3, -0.25) is 0 Å². The van der Waals surface area contributed by atoms with Crippen LogP contribution in [0.1, 0.15) is 30.9 Å². The average molecular weight is 355 g/mol. The van der Waals surface area contributed by atoms with Gasteiger partial charge >= 0.3 is 0 Å². The number of rotatable bonds is 4. The number of nitrogens with one attached hydrogen (secondary N) is 2. The summed E-state index contributed by atoms with van der Waals surface area (Å²) < 4.78 is 23.4. The van der Waals surface area contributed by atoms with Crippen LogP contribution in [-0.2, 0) is 16.4 Å². The van der Waals surface area contributed by atoms with Crippen molar-refractivity contribution in [2.75, 3.05) is 37.7 Å². The fourth-order valence-electron chi connectivity index (χ4n) is 4.00. The summed E-state index contributed by atoms with van der Waals surface area (Å²) in [5, 5.41) is 10.0. The molecule has 5 nitrogen and oxygen atoms in total. The van der Waals surface area contributed by atoms with Crippen molar-refractivity contribution >= 4 is 9.84 Å². The van der Waals surface area contributed by atoms with Crippen LogP contribution in [0.25, 0.3) is 0 Å². The van der Waals surface area contributed by atoms with E-state index in [0.717, 1.165) is 32.7 Å².